The van der Waals surface area contributed by atoms with E-state index in [0.29, 0.717) is 17.6 Å². The fraction of sp³-hybridized carbons (Fsp3) is 0.385. The molecule has 1 unspecified atom stereocenters. The molecule has 0 saturated carbocycles. The summed E-state index contributed by atoms with van der Waals surface area (Å²) in [5.74, 6) is 0.0132. The Kier molecular flexibility index (Phi) is 3.01. The summed E-state index contributed by atoms with van der Waals surface area (Å²) in [4.78, 5) is 18.2. The number of imidazole rings is 1. The number of hydrogen-bond donors (Lipinski definition) is 0. The van der Waals surface area contributed by atoms with Gasteiger partial charge in [0.2, 0.25) is 0 Å². The number of pyridine rings is 1. The normalized spacial score (nSPS) is 21.1. The molecule has 2 aromatic heterocycles. The molecule has 2 aromatic rings. The molecule has 6 nitrogen and oxygen atoms in total. The lowest BCUT2D eigenvalue weighted by atomic mass is 10.2. The summed E-state index contributed by atoms with van der Waals surface area (Å²) < 4.78 is 24.8. The van der Waals surface area contributed by atoms with E-state index < -0.39 is 9.84 Å². The first-order valence-corrected chi connectivity index (χ1v) is 8.19. The highest BCUT2D eigenvalue weighted by Crippen LogP contribution is 2.19. The van der Waals surface area contributed by atoms with Crippen LogP contribution in [-0.2, 0) is 9.84 Å². The molecule has 1 aliphatic heterocycles. The summed E-state index contributed by atoms with van der Waals surface area (Å²) >= 11 is 0. The minimum atomic E-state index is -3.00. The van der Waals surface area contributed by atoms with Crippen LogP contribution in [0.2, 0.25) is 0 Å². The Morgan fingerprint density at radius 2 is 2.25 bits per heavy atom. The van der Waals surface area contributed by atoms with Crippen LogP contribution in [-0.4, -0.2) is 53.2 Å². The van der Waals surface area contributed by atoms with E-state index >= 15 is 0 Å². The topological polar surface area (TPSA) is 71.8 Å². The maximum absolute atomic E-state index is 12.5. The first kappa shape index (κ1) is 13.1. The summed E-state index contributed by atoms with van der Waals surface area (Å²) in [6.07, 6.45) is 5.72. The summed E-state index contributed by atoms with van der Waals surface area (Å²) in [6.45, 7) is 0. The van der Waals surface area contributed by atoms with Gasteiger partial charge in [0, 0.05) is 31.7 Å². The van der Waals surface area contributed by atoms with Gasteiger partial charge in [-0.25, -0.2) is 13.4 Å². The van der Waals surface area contributed by atoms with Crippen LogP contribution in [0.5, 0.6) is 0 Å². The second-order valence-corrected chi connectivity index (χ2v) is 7.28. The quantitative estimate of drug-likeness (QED) is 0.812. The van der Waals surface area contributed by atoms with E-state index in [1.807, 2.05) is 6.20 Å². The number of carbonyl (C=O) groups is 1. The van der Waals surface area contributed by atoms with Gasteiger partial charge in [-0.05, 0) is 18.6 Å². The molecule has 0 aromatic carbocycles. The van der Waals surface area contributed by atoms with E-state index in [0.717, 1.165) is 0 Å². The third kappa shape index (κ3) is 2.18. The van der Waals surface area contributed by atoms with Crippen molar-refractivity contribution in [1.82, 2.24) is 14.3 Å². The highest BCUT2D eigenvalue weighted by atomic mass is 32.2. The lowest BCUT2D eigenvalue weighted by Gasteiger charge is -2.23. The molecule has 1 saturated heterocycles. The van der Waals surface area contributed by atoms with Crippen molar-refractivity contribution in [1.29, 1.82) is 0 Å². The van der Waals surface area contributed by atoms with Crippen LogP contribution in [0, 0.1) is 0 Å². The van der Waals surface area contributed by atoms with Crippen LogP contribution in [0.15, 0.2) is 30.7 Å². The summed E-state index contributed by atoms with van der Waals surface area (Å²) in [5, 5.41) is 0. The Labute approximate surface area is 116 Å². The molecular weight excluding hydrogens is 278 g/mol. The van der Waals surface area contributed by atoms with Crippen molar-refractivity contribution in [2.24, 2.45) is 0 Å². The third-order valence-corrected chi connectivity index (χ3v) is 5.48. The standard InChI is InChI=1S/C13H15N3O3S/c1-15(10-4-8-20(18,19)9-10)13(17)11-3-2-6-16-7-5-14-12(11)16/h2-3,5-7,10H,4,8-9H2,1H3. The molecule has 106 valence electrons. The van der Waals surface area contributed by atoms with Gasteiger partial charge in [0.1, 0.15) is 5.65 Å². The summed E-state index contributed by atoms with van der Waals surface area (Å²) in [6, 6.07) is 3.24. The molecule has 20 heavy (non-hydrogen) atoms. The van der Waals surface area contributed by atoms with Crippen LogP contribution >= 0.6 is 0 Å². The minimum Gasteiger partial charge on any atom is -0.338 e. The Morgan fingerprint density at radius 1 is 1.45 bits per heavy atom. The van der Waals surface area contributed by atoms with E-state index in [2.05, 4.69) is 4.98 Å². The van der Waals surface area contributed by atoms with Crippen molar-refractivity contribution in [3.63, 3.8) is 0 Å². The van der Waals surface area contributed by atoms with E-state index in [-0.39, 0.29) is 23.5 Å². The average Bonchev–Trinajstić information content (AvgIpc) is 3.02. The number of sulfone groups is 1. The molecular formula is C13H15N3O3S. The molecule has 1 fully saturated rings. The van der Waals surface area contributed by atoms with Gasteiger partial charge in [0.25, 0.3) is 5.91 Å². The largest absolute Gasteiger partial charge is 0.338 e. The molecule has 7 heteroatoms. The fourth-order valence-electron chi connectivity index (χ4n) is 2.55. The molecule has 3 rings (SSSR count). The minimum absolute atomic E-state index is 0.0484. The number of amides is 1. The number of rotatable bonds is 2. The number of hydrogen-bond acceptors (Lipinski definition) is 4. The van der Waals surface area contributed by atoms with Gasteiger partial charge in [-0.2, -0.15) is 0 Å². The van der Waals surface area contributed by atoms with Crippen LogP contribution in [0.25, 0.3) is 5.65 Å². The van der Waals surface area contributed by atoms with Crippen LogP contribution in [0.1, 0.15) is 16.8 Å². The Balaban J connectivity index is 1.91. The van der Waals surface area contributed by atoms with Crippen molar-refractivity contribution in [3.8, 4) is 0 Å². The number of fused-ring (bicyclic) bond motifs is 1. The van der Waals surface area contributed by atoms with Crippen molar-refractivity contribution in [3.05, 3.63) is 36.3 Å². The summed E-state index contributed by atoms with van der Waals surface area (Å²) in [7, 11) is -1.35. The maximum Gasteiger partial charge on any atom is 0.257 e. The SMILES string of the molecule is CN(C(=O)c1cccn2ccnc12)C1CCS(=O)(=O)C1. The second kappa shape index (κ2) is 4.59. The van der Waals surface area contributed by atoms with E-state index in [1.165, 1.54) is 4.90 Å². The maximum atomic E-state index is 12.5. The van der Waals surface area contributed by atoms with Gasteiger partial charge in [0.05, 0.1) is 17.1 Å². The molecule has 3 heterocycles. The molecule has 1 aliphatic rings. The van der Waals surface area contributed by atoms with Crippen molar-refractivity contribution in [2.75, 3.05) is 18.6 Å². The van der Waals surface area contributed by atoms with E-state index in [1.54, 1.807) is 36.0 Å². The highest BCUT2D eigenvalue weighted by molar-refractivity contribution is 7.91. The third-order valence-electron chi connectivity index (χ3n) is 3.73. The molecule has 0 aliphatic carbocycles. The first-order valence-electron chi connectivity index (χ1n) is 6.37. The number of carbonyl (C=O) groups excluding carboxylic acids is 1. The van der Waals surface area contributed by atoms with Gasteiger partial charge < -0.3 is 9.30 Å². The summed E-state index contributed by atoms with van der Waals surface area (Å²) in [5.41, 5.74) is 1.08. The predicted molar refractivity (Wildman–Crippen MR) is 74.3 cm³/mol. The first-order chi connectivity index (χ1) is 9.48. The highest BCUT2D eigenvalue weighted by Gasteiger charge is 2.33. The van der Waals surface area contributed by atoms with Gasteiger partial charge in [-0.15, -0.1) is 0 Å². The van der Waals surface area contributed by atoms with E-state index in [9.17, 15) is 13.2 Å². The van der Waals surface area contributed by atoms with Gasteiger partial charge in [-0.3, -0.25) is 4.79 Å². The van der Waals surface area contributed by atoms with Crippen LogP contribution in [0.4, 0.5) is 0 Å². The molecule has 0 spiro atoms. The van der Waals surface area contributed by atoms with Crippen LogP contribution in [0.3, 0.4) is 0 Å². The molecule has 1 amide bonds. The van der Waals surface area contributed by atoms with E-state index in [4.69, 9.17) is 0 Å². The Hall–Kier alpha value is -1.89. The fourth-order valence-corrected chi connectivity index (χ4v) is 4.33. The van der Waals surface area contributed by atoms with Gasteiger partial charge in [0.15, 0.2) is 9.84 Å². The number of nitrogens with zero attached hydrogens (tertiary/aromatic N) is 3. The Morgan fingerprint density at radius 3 is 2.95 bits per heavy atom. The Bertz CT molecular complexity index is 766. The molecule has 1 atom stereocenters. The van der Waals surface area contributed by atoms with Crippen molar-refractivity contribution >= 4 is 21.4 Å². The molecule has 0 N–H and O–H groups in total. The monoisotopic (exact) mass is 293 g/mol. The molecule has 0 bridgehead atoms. The van der Waals surface area contributed by atoms with Gasteiger partial charge in [-0.1, -0.05) is 0 Å². The predicted octanol–water partition coefficient (Wildman–Crippen LogP) is 0.593. The average molecular weight is 293 g/mol. The van der Waals surface area contributed by atoms with Crippen molar-refractivity contribution in [2.45, 2.75) is 12.5 Å². The lowest BCUT2D eigenvalue weighted by molar-refractivity contribution is 0.0749. The zero-order chi connectivity index (χ0) is 14.3. The zero-order valence-electron chi connectivity index (χ0n) is 11.1. The lowest BCUT2D eigenvalue weighted by Crippen LogP contribution is -2.38. The van der Waals surface area contributed by atoms with Crippen LogP contribution < -0.4 is 0 Å². The second-order valence-electron chi connectivity index (χ2n) is 5.05. The van der Waals surface area contributed by atoms with Crippen molar-refractivity contribution < 1.29 is 13.2 Å². The van der Waals surface area contributed by atoms with Gasteiger partial charge >= 0.3 is 0 Å². The number of aromatic nitrogens is 2. The smallest absolute Gasteiger partial charge is 0.257 e. The molecule has 0 radical (unpaired) electrons. The zero-order valence-corrected chi connectivity index (χ0v) is 11.9.